The number of aromatic amines is 1. The van der Waals surface area contributed by atoms with Crippen LogP contribution in [0, 0.1) is 11.7 Å². The Balaban J connectivity index is 1.19. The Labute approximate surface area is 243 Å². The summed E-state index contributed by atoms with van der Waals surface area (Å²) in [5.74, 6) is 1.18. The van der Waals surface area contributed by atoms with E-state index in [4.69, 9.17) is 9.47 Å². The number of H-pyrrole nitrogens is 1. The summed E-state index contributed by atoms with van der Waals surface area (Å²) in [7, 11) is 1.52. The number of anilines is 1. The van der Waals surface area contributed by atoms with Gasteiger partial charge < -0.3 is 24.8 Å². The SMILES string of the molecule is COc1cc(OCC(C)(C)O)cc(C(=O)NCC2CCN(c3nc(-c4cccc(-c5cc[nH]n5)c4)ncc3F)CC2)c1. The van der Waals surface area contributed by atoms with E-state index in [1.54, 1.807) is 38.2 Å². The molecule has 0 unspecified atom stereocenters. The zero-order valence-electron chi connectivity index (χ0n) is 23.9. The van der Waals surface area contributed by atoms with Crippen molar-refractivity contribution in [1.29, 1.82) is 0 Å². The smallest absolute Gasteiger partial charge is 0.251 e. The summed E-state index contributed by atoms with van der Waals surface area (Å²) in [4.78, 5) is 23.7. The second-order valence-corrected chi connectivity index (χ2v) is 11.0. The van der Waals surface area contributed by atoms with Crippen molar-refractivity contribution in [3.8, 4) is 34.1 Å². The van der Waals surface area contributed by atoms with E-state index in [9.17, 15) is 14.3 Å². The summed E-state index contributed by atoms with van der Waals surface area (Å²) in [6.07, 6.45) is 4.52. The lowest BCUT2D eigenvalue weighted by Gasteiger charge is -2.33. The maximum atomic E-state index is 14.9. The number of carbonyl (C=O) groups excluding carboxylic acids is 1. The van der Waals surface area contributed by atoms with Gasteiger partial charge in [0.05, 0.1) is 24.6 Å². The molecule has 5 rings (SSSR count). The minimum absolute atomic E-state index is 0.0751. The number of hydrogen-bond acceptors (Lipinski definition) is 8. The summed E-state index contributed by atoms with van der Waals surface area (Å²) in [6.45, 7) is 5.06. The summed E-state index contributed by atoms with van der Waals surface area (Å²) in [5.41, 5.74) is 1.89. The van der Waals surface area contributed by atoms with Crippen molar-refractivity contribution >= 4 is 11.7 Å². The predicted molar refractivity (Wildman–Crippen MR) is 157 cm³/mol. The molecule has 11 heteroatoms. The maximum absolute atomic E-state index is 14.9. The highest BCUT2D eigenvalue weighted by atomic mass is 19.1. The first-order valence-electron chi connectivity index (χ1n) is 13.9. The van der Waals surface area contributed by atoms with Gasteiger partial charge in [-0.25, -0.2) is 14.4 Å². The minimum Gasteiger partial charge on any atom is -0.497 e. The molecule has 1 aliphatic heterocycles. The number of benzene rings is 2. The third-order valence-electron chi connectivity index (χ3n) is 7.08. The molecule has 220 valence electrons. The van der Waals surface area contributed by atoms with Gasteiger partial charge in [-0.15, -0.1) is 0 Å². The van der Waals surface area contributed by atoms with Crippen LogP contribution in [-0.2, 0) is 0 Å². The van der Waals surface area contributed by atoms with Crippen molar-refractivity contribution in [2.75, 3.05) is 38.3 Å². The van der Waals surface area contributed by atoms with Crippen LogP contribution in [0.3, 0.4) is 0 Å². The molecule has 10 nitrogen and oxygen atoms in total. The van der Waals surface area contributed by atoms with Crippen LogP contribution < -0.4 is 19.7 Å². The van der Waals surface area contributed by atoms with Crippen LogP contribution in [0.15, 0.2) is 60.9 Å². The van der Waals surface area contributed by atoms with E-state index in [1.165, 1.54) is 13.3 Å². The summed E-state index contributed by atoms with van der Waals surface area (Å²) >= 11 is 0. The fourth-order valence-electron chi connectivity index (χ4n) is 4.81. The van der Waals surface area contributed by atoms with Gasteiger partial charge in [-0.05, 0) is 56.9 Å². The lowest BCUT2D eigenvalue weighted by Crippen LogP contribution is -2.39. The van der Waals surface area contributed by atoms with Crippen molar-refractivity contribution in [1.82, 2.24) is 25.5 Å². The molecule has 0 radical (unpaired) electrons. The highest BCUT2D eigenvalue weighted by molar-refractivity contribution is 5.95. The third-order valence-corrected chi connectivity index (χ3v) is 7.08. The fraction of sp³-hybridized carbons (Fsp3) is 0.355. The molecular weight excluding hydrogens is 539 g/mol. The number of ether oxygens (including phenoxy) is 2. The highest BCUT2D eigenvalue weighted by Gasteiger charge is 2.24. The number of hydrogen-bond donors (Lipinski definition) is 3. The van der Waals surface area contributed by atoms with E-state index < -0.39 is 11.4 Å². The zero-order chi connectivity index (χ0) is 29.7. The predicted octanol–water partition coefficient (Wildman–Crippen LogP) is 4.48. The number of rotatable bonds is 10. The zero-order valence-corrected chi connectivity index (χ0v) is 23.9. The second-order valence-electron chi connectivity index (χ2n) is 11.0. The number of carbonyl (C=O) groups is 1. The number of aromatic nitrogens is 4. The van der Waals surface area contributed by atoms with Gasteiger partial charge in [0.25, 0.3) is 5.91 Å². The largest absolute Gasteiger partial charge is 0.497 e. The van der Waals surface area contributed by atoms with Crippen LogP contribution in [0.4, 0.5) is 10.2 Å². The normalized spacial score (nSPS) is 14.1. The molecule has 1 amide bonds. The fourth-order valence-corrected chi connectivity index (χ4v) is 4.81. The average molecular weight is 575 g/mol. The third kappa shape index (κ3) is 7.22. The molecule has 1 aliphatic rings. The quantitative estimate of drug-likeness (QED) is 0.253. The standard InChI is InChI=1S/C31H35FN6O4/c1-31(2,40)19-42-25-15-23(14-24(16-25)41-3)30(39)34-17-20-8-11-38(12-9-20)29-26(32)18-33-28(36-29)22-6-4-5-21(13-22)27-7-10-35-37-27/h4-7,10,13-16,18,20,40H,8-9,11-12,17,19H2,1-3H3,(H,34,39)(H,35,37). The summed E-state index contributed by atoms with van der Waals surface area (Å²) in [5, 5.41) is 20.0. The first-order valence-corrected chi connectivity index (χ1v) is 13.9. The van der Waals surface area contributed by atoms with Crippen LogP contribution in [-0.4, -0.2) is 70.1 Å². The van der Waals surface area contributed by atoms with E-state index in [1.807, 2.05) is 35.2 Å². The molecule has 42 heavy (non-hydrogen) atoms. The van der Waals surface area contributed by atoms with E-state index in [0.717, 1.165) is 29.7 Å². The molecule has 4 aromatic rings. The van der Waals surface area contributed by atoms with Gasteiger partial charge >= 0.3 is 0 Å². The van der Waals surface area contributed by atoms with Gasteiger partial charge in [0.2, 0.25) is 0 Å². The summed E-state index contributed by atoms with van der Waals surface area (Å²) in [6, 6.07) is 14.5. The van der Waals surface area contributed by atoms with Crippen molar-refractivity contribution in [3.63, 3.8) is 0 Å². The molecular formula is C31H35FN6O4. The molecule has 0 atom stereocenters. The number of halogens is 1. The molecule has 2 aromatic carbocycles. The van der Waals surface area contributed by atoms with Crippen LogP contribution in [0.25, 0.3) is 22.6 Å². The number of nitrogens with zero attached hydrogens (tertiary/aromatic N) is 4. The molecule has 3 heterocycles. The first-order chi connectivity index (χ1) is 20.2. The Hall–Kier alpha value is -4.51. The van der Waals surface area contributed by atoms with Crippen molar-refractivity contribution in [2.45, 2.75) is 32.3 Å². The molecule has 1 fully saturated rings. The number of piperidine rings is 1. The molecule has 3 N–H and O–H groups in total. The molecule has 1 saturated heterocycles. The number of amides is 1. The van der Waals surface area contributed by atoms with Crippen molar-refractivity contribution in [3.05, 3.63) is 72.3 Å². The minimum atomic E-state index is -1.01. The van der Waals surface area contributed by atoms with Crippen LogP contribution in [0.2, 0.25) is 0 Å². The van der Waals surface area contributed by atoms with Gasteiger partial charge in [0, 0.05) is 48.6 Å². The lowest BCUT2D eigenvalue weighted by atomic mass is 9.96. The van der Waals surface area contributed by atoms with Crippen molar-refractivity contribution in [2.24, 2.45) is 5.92 Å². The van der Waals surface area contributed by atoms with Gasteiger partial charge in [-0.1, -0.05) is 18.2 Å². The van der Waals surface area contributed by atoms with E-state index >= 15 is 0 Å². The van der Waals surface area contributed by atoms with Gasteiger partial charge in [-0.2, -0.15) is 5.10 Å². The van der Waals surface area contributed by atoms with E-state index in [2.05, 4.69) is 25.5 Å². The topological polar surface area (TPSA) is 125 Å². The van der Waals surface area contributed by atoms with Gasteiger partial charge in [-0.3, -0.25) is 9.89 Å². The van der Waals surface area contributed by atoms with Gasteiger partial charge in [0.15, 0.2) is 17.5 Å². The Bertz CT molecular complexity index is 1510. The number of methoxy groups -OCH3 is 1. The number of aliphatic hydroxyl groups is 1. The Morgan fingerprint density at radius 2 is 1.90 bits per heavy atom. The second kappa shape index (κ2) is 12.6. The molecule has 0 saturated carbocycles. The van der Waals surface area contributed by atoms with Crippen LogP contribution in [0.5, 0.6) is 11.5 Å². The van der Waals surface area contributed by atoms with E-state index in [-0.39, 0.29) is 24.2 Å². The van der Waals surface area contributed by atoms with Crippen LogP contribution in [0.1, 0.15) is 37.0 Å². The Morgan fingerprint density at radius 3 is 2.62 bits per heavy atom. The highest BCUT2D eigenvalue weighted by Crippen LogP contribution is 2.28. The summed E-state index contributed by atoms with van der Waals surface area (Å²) < 4.78 is 25.8. The average Bonchev–Trinajstić information content (AvgIpc) is 3.54. The molecule has 0 spiro atoms. The Morgan fingerprint density at radius 1 is 1.14 bits per heavy atom. The lowest BCUT2D eigenvalue weighted by molar-refractivity contribution is 0.0284. The molecule has 0 aliphatic carbocycles. The van der Waals surface area contributed by atoms with E-state index in [0.29, 0.717) is 42.5 Å². The maximum Gasteiger partial charge on any atom is 0.251 e. The molecule has 0 bridgehead atoms. The number of nitrogens with one attached hydrogen (secondary N) is 2. The van der Waals surface area contributed by atoms with Gasteiger partial charge in [0.1, 0.15) is 18.1 Å². The first kappa shape index (κ1) is 29.0. The van der Waals surface area contributed by atoms with Crippen LogP contribution >= 0.6 is 0 Å². The van der Waals surface area contributed by atoms with Crippen molar-refractivity contribution < 1.29 is 23.8 Å². The monoisotopic (exact) mass is 574 g/mol. The Kier molecular flexibility index (Phi) is 8.67. The molecule has 2 aromatic heterocycles.